The largest absolute Gasteiger partial charge is 0.495 e. The molecule has 1 aromatic heterocycles. The maximum absolute atomic E-state index is 12.6. The highest BCUT2D eigenvalue weighted by atomic mass is 16.5. The molecule has 10 heteroatoms. The van der Waals surface area contributed by atoms with Crippen LogP contribution < -0.4 is 10.1 Å². The van der Waals surface area contributed by atoms with Gasteiger partial charge in [-0.05, 0) is 18.2 Å². The zero-order valence-electron chi connectivity index (χ0n) is 15.4. The molecule has 0 atom stereocenters. The van der Waals surface area contributed by atoms with Crippen molar-refractivity contribution in [3.8, 4) is 17.2 Å². The first kappa shape index (κ1) is 18.5. The van der Waals surface area contributed by atoms with Gasteiger partial charge in [0.2, 0.25) is 11.8 Å². The molecule has 0 unspecified atom stereocenters. The van der Waals surface area contributed by atoms with Crippen molar-refractivity contribution in [1.29, 1.82) is 0 Å². The summed E-state index contributed by atoms with van der Waals surface area (Å²) in [6.07, 6.45) is -0.390. The first-order valence-corrected chi connectivity index (χ1v) is 8.39. The molecule has 2 aromatic rings. The van der Waals surface area contributed by atoms with E-state index in [9.17, 15) is 9.59 Å². The molecule has 0 aliphatic carbocycles. The monoisotopic (exact) mass is 375 g/mol. The third-order valence-electron chi connectivity index (χ3n) is 4.21. The second-order valence-electron chi connectivity index (χ2n) is 5.92. The summed E-state index contributed by atoms with van der Waals surface area (Å²) in [4.78, 5) is 27.3. The maximum atomic E-state index is 12.6. The van der Waals surface area contributed by atoms with Crippen molar-refractivity contribution in [2.45, 2.75) is 6.92 Å². The van der Waals surface area contributed by atoms with Crippen LogP contribution in [0.3, 0.4) is 0 Å². The predicted octanol–water partition coefficient (Wildman–Crippen LogP) is 1.97. The number of urea groups is 1. The van der Waals surface area contributed by atoms with E-state index in [1.54, 1.807) is 34.9 Å². The van der Waals surface area contributed by atoms with Crippen LogP contribution in [0.1, 0.15) is 5.89 Å². The van der Waals surface area contributed by atoms with Gasteiger partial charge in [0, 0.05) is 38.7 Å². The van der Waals surface area contributed by atoms with Crippen LogP contribution in [0.2, 0.25) is 0 Å². The molecule has 144 valence electrons. The van der Waals surface area contributed by atoms with Crippen LogP contribution in [0.4, 0.5) is 15.3 Å². The van der Waals surface area contributed by atoms with Crippen LogP contribution in [0.25, 0.3) is 11.5 Å². The minimum absolute atomic E-state index is 0.281. The van der Waals surface area contributed by atoms with Crippen LogP contribution in [0.15, 0.2) is 22.6 Å². The molecule has 10 nitrogen and oxygen atoms in total. The molecule has 1 saturated heterocycles. The predicted molar refractivity (Wildman–Crippen MR) is 95.6 cm³/mol. The number of carbonyl (C=O) groups excluding carboxylic acids is 2. The zero-order chi connectivity index (χ0) is 19.4. The lowest BCUT2D eigenvalue weighted by Gasteiger charge is -2.33. The van der Waals surface area contributed by atoms with Crippen molar-refractivity contribution < 1.29 is 23.5 Å². The highest BCUT2D eigenvalue weighted by molar-refractivity contribution is 5.92. The lowest BCUT2D eigenvalue weighted by atomic mass is 10.2. The highest BCUT2D eigenvalue weighted by Crippen LogP contribution is 2.30. The van der Waals surface area contributed by atoms with E-state index in [2.05, 4.69) is 15.5 Å². The fourth-order valence-electron chi connectivity index (χ4n) is 2.77. The lowest BCUT2D eigenvalue weighted by molar-refractivity contribution is 0.0992. The quantitative estimate of drug-likeness (QED) is 0.873. The van der Waals surface area contributed by atoms with E-state index >= 15 is 0 Å². The molecular formula is C17H21N5O5. The summed E-state index contributed by atoms with van der Waals surface area (Å²) < 4.78 is 15.5. The second-order valence-corrected chi connectivity index (χ2v) is 5.92. The number of piperazine rings is 1. The Kier molecular flexibility index (Phi) is 5.43. The van der Waals surface area contributed by atoms with E-state index in [4.69, 9.17) is 13.9 Å². The number of nitrogens with zero attached hydrogens (tertiary/aromatic N) is 4. The Bertz CT molecular complexity index is 829. The van der Waals surface area contributed by atoms with Gasteiger partial charge in [-0.2, -0.15) is 0 Å². The molecule has 1 aliphatic rings. The van der Waals surface area contributed by atoms with Gasteiger partial charge in [0.15, 0.2) is 0 Å². The van der Waals surface area contributed by atoms with Crippen molar-refractivity contribution in [2.75, 3.05) is 45.7 Å². The molecular weight excluding hydrogens is 354 g/mol. The molecule has 2 heterocycles. The second kappa shape index (κ2) is 7.94. The van der Waals surface area contributed by atoms with E-state index in [0.29, 0.717) is 55.0 Å². The third-order valence-corrected chi connectivity index (χ3v) is 4.21. The number of aryl methyl sites for hydroxylation is 1. The van der Waals surface area contributed by atoms with Crippen LogP contribution in [0, 0.1) is 6.92 Å². The Morgan fingerprint density at radius 3 is 2.41 bits per heavy atom. The highest BCUT2D eigenvalue weighted by Gasteiger charge is 2.25. The standard InChI is InChI=1S/C17H21N5O5/c1-11-19-20-15(27-11)12-4-5-14(25-2)13(10-12)18-16(23)21-6-8-22(9-7-21)17(24)26-3/h4-5,10H,6-9H2,1-3H3,(H,18,23). The van der Waals surface area contributed by atoms with Crippen molar-refractivity contribution in [1.82, 2.24) is 20.0 Å². The van der Waals surface area contributed by atoms with Gasteiger partial charge in [-0.3, -0.25) is 0 Å². The zero-order valence-corrected chi connectivity index (χ0v) is 15.4. The van der Waals surface area contributed by atoms with Crippen LogP contribution in [-0.4, -0.2) is 72.5 Å². The molecule has 1 aromatic carbocycles. The Hall–Kier alpha value is -3.30. The molecule has 3 rings (SSSR count). The Labute approximate surface area is 156 Å². The van der Waals surface area contributed by atoms with Crippen molar-refractivity contribution >= 4 is 17.8 Å². The number of amides is 3. The van der Waals surface area contributed by atoms with Gasteiger partial charge in [-0.1, -0.05) is 0 Å². The first-order chi connectivity index (χ1) is 13.0. The van der Waals surface area contributed by atoms with Gasteiger partial charge < -0.3 is 29.0 Å². The van der Waals surface area contributed by atoms with Gasteiger partial charge in [0.05, 0.1) is 19.9 Å². The molecule has 0 bridgehead atoms. The summed E-state index contributed by atoms with van der Waals surface area (Å²) in [6, 6.07) is 4.93. The summed E-state index contributed by atoms with van der Waals surface area (Å²) in [7, 11) is 2.86. The molecule has 3 amide bonds. The molecule has 0 saturated carbocycles. The summed E-state index contributed by atoms with van der Waals surface area (Å²) >= 11 is 0. The maximum Gasteiger partial charge on any atom is 0.409 e. The van der Waals surface area contributed by atoms with Crippen LogP contribution in [0.5, 0.6) is 5.75 Å². The van der Waals surface area contributed by atoms with Crippen molar-refractivity contribution in [3.63, 3.8) is 0 Å². The number of methoxy groups -OCH3 is 2. The molecule has 1 aliphatic heterocycles. The molecule has 27 heavy (non-hydrogen) atoms. The van der Waals surface area contributed by atoms with E-state index in [1.807, 2.05) is 0 Å². The summed E-state index contributed by atoms with van der Waals surface area (Å²) in [6.45, 7) is 3.35. The lowest BCUT2D eigenvalue weighted by Crippen LogP contribution is -2.51. The van der Waals surface area contributed by atoms with E-state index in [-0.39, 0.29) is 12.1 Å². The number of carbonyl (C=O) groups is 2. The minimum atomic E-state index is -0.390. The van der Waals surface area contributed by atoms with Crippen molar-refractivity contribution in [2.24, 2.45) is 0 Å². The van der Waals surface area contributed by atoms with Gasteiger partial charge in [0.1, 0.15) is 5.75 Å². The Morgan fingerprint density at radius 2 is 1.81 bits per heavy atom. The van der Waals surface area contributed by atoms with Crippen LogP contribution in [-0.2, 0) is 4.74 Å². The Balaban J connectivity index is 1.71. The molecule has 0 radical (unpaired) electrons. The van der Waals surface area contributed by atoms with Gasteiger partial charge in [-0.25, -0.2) is 9.59 Å². The van der Waals surface area contributed by atoms with E-state index in [1.165, 1.54) is 14.2 Å². The normalized spacial score (nSPS) is 14.0. The third kappa shape index (κ3) is 4.10. The summed E-state index contributed by atoms with van der Waals surface area (Å²) in [5, 5.41) is 10.6. The minimum Gasteiger partial charge on any atom is -0.495 e. The number of hydrogen-bond acceptors (Lipinski definition) is 7. The fourth-order valence-corrected chi connectivity index (χ4v) is 2.77. The molecule has 0 spiro atoms. The number of aromatic nitrogens is 2. The Morgan fingerprint density at radius 1 is 1.11 bits per heavy atom. The van der Waals surface area contributed by atoms with Gasteiger partial charge in [0.25, 0.3) is 0 Å². The van der Waals surface area contributed by atoms with Gasteiger partial charge in [-0.15, -0.1) is 10.2 Å². The molecule has 1 fully saturated rings. The van der Waals surface area contributed by atoms with Crippen LogP contribution >= 0.6 is 0 Å². The summed E-state index contributed by atoms with van der Waals surface area (Å²) in [5.74, 6) is 1.32. The summed E-state index contributed by atoms with van der Waals surface area (Å²) in [5.41, 5.74) is 1.16. The fraction of sp³-hybridized carbons (Fsp3) is 0.412. The first-order valence-electron chi connectivity index (χ1n) is 8.39. The number of nitrogens with one attached hydrogen (secondary N) is 1. The average molecular weight is 375 g/mol. The van der Waals surface area contributed by atoms with Crippen molar-refractivity contribution in [3.05, 3.63) is 24.1 Å². The number of hydrogen-bond donors (Lipinski definition) is 1. The smallest absolute Gasteiger partial charge is 0.409 e. The number of rotatable bonds is 3. The van der Waals surface area contributed by atoms with Gasteiger partial charge >= 0.3 is 12.1 Å². The number of anilines is 1. The molecule has 1 N–H and O–H groups in total. The van der Waals surface area contributed by atoms with E-state index in [0.717, 1.165) is 0 Å². The average Bonchev–Trinajstić information content (AvgIpc) is 3.13. The number of ether oxygens (including phenoxy) is 2. The SMILES string of the molecule is COC(=O)N1CCN(C(=O)Nc2cc(-c3nnc(C)o3)ccc2OC)CC1. The van der Waals surface area contributed by atoms with E-state index < -0.39 is 0 Å². The topological polar surface area (TPSA) is 110 Å². The number of benzene rings is 1.